The molecule has 0 bridgehead atoms. The Morgan fingerprint density at radius 3 is 2.79 bits per heavy atom. The number of nitrogens with one attached hydrogen (secondary N) is 1. The van der Waals surface area contributed by atoms with Gasteiger partial charge in [0.15, 0.2) is 0 Å². The summed E-state index contributed by atoms with van der Waals surface area (Å²) < 4.78 is 13.6. The molecule has 2 aromatic rings. The van der Waals surface area contributed by atoms with E-state index in [-0.39, 0.29) is 11.3 Å². The van der Waals surface area contributed by atoms with Gasteiger partial charge in [0.2, 0.25) is 0 Å². The van der Waals surface area contributed by atoms with Gasteiger partial charge in [0.1, 0.15) is 5.82 Å². The lowest BCUT2D eigenvalue weighted by Crippen LogP contribution is -2.23. The summed E-state index contributed by atoms with van der Waals surface area (Å²) >= 11 is 1.47. The molecule has 1 aromatic heterocycles. The summed E-state index contributed by atoms with van der Waals surface area (Å²) in [6.07, 6.45) is 0. The summed E-state index contributed by atoms with van der Waals surface area (Å²) in [5, 5.41) is 14.9. The normalized spacial score (nSPS) is 10.2. The molecule has 0 saturated carbocycles. The van der Waals surface area contributed by atoms with Crippen LogP contribution in [0.1, 0.15) is 15.2 Å². The van der Waals surface area contributed by atoms with Crippen molar-refractivity contribution in [2.24, 2.45) is 0 Å². The van der Waals surface area contributed by atoms with Gasteiger partial charge in [-0.2, -0.15) is 0 Å². The number of thiophene rings is 1. The van der Waals surface area contributed by atoms with Gasteiger partial charge >= 0.3 is 0 Å². The zero-order chi connectivity index (χ0) is 13.8. The van der Waals surface area contributed by atoms with E-state index in [1.54, 1.807) is 0 Å². The predicted octanol–water partition coefficient (Wildman–Crippen LogP) is 2.73. The number of nitro groups is 1. The summed E-state index contributed by atoms with van der Waals surface area (Å²) in [6, 6.07) is 6.64. The van der Waals surface area contributed by atoms with E-state index in [1.165, 1.54) is 11.3 Å². The smallest absolute Gasteiger partial charge is 0.272 e. The van der Waals surface area contributed by atoms with Crippen molar-refractivity contribution in [2.45, 2.75) is 6.54 Å². The van der Waals surface area contributed by atoms with E-state index in [0.29, 0.717) is 6.54 Å². The van der Waals surface area contributed by atoms with Gasteiger partial charge in [-0.25, -0.2) is 4.39 Å². The molecule has 1 amide bonds. The van der Waals surface area contributed by atoms with Crippen LogP contribution < -0.4 is 5.32 Å². The van der Waals surface area contributed by atoms with Crippen molar-refractivity contribution in [3.63, 3.8) is 0 Å². The molecule has 19 heavy (non-hydrogen) atoms. The summed E-state index contributed by atoms with van der Waals surface area (Å²) in [6.45, 7) is 0.299. The molecule has 2 rings (SSSR count). The number of halogens is 1. The van der Waals surface area contributed by atoms with Gasteiger partial charge in [0, 0.05) is 10.9 Å². The van der Waals surface area contributed by atoms with Crippen LogP contribution in [0.2, 0.25) is 0 Å². The zero-order valence-corrected chi connectivity index (χ0v) is 10.4. The zero-order valence-electron chi connectivity index (χ0n) is 9.63. The molecular weight excluding hydrogens is 271 g/mol. The molecule has 0 unspecified atom stereocenters. The SMILES string of the molecule is O=C(NCc1cccs1)c1ccc([N+](=O)[O-])cc1F. The molecule has 5 nitrogen and oxygen atoms in total. The molecular formula is C12H9FN2O3S. The molecule has 0 saturated heterocycles. The number of carbonyl (C=O) groups excluding carboxylic acids is 1. The van der Waals surface area contributed by atoms with Crippen LogP contribution in [-0.4, -0.2) is 10.8 Å². The Bertz CT molecular complexity index is 613. The molecule has 1 heterocycles. The van der Waals surface area contributed by atoms with Gasteiger partial charge in [-0.3, -0.25) is 14.9 Å². The quantitative estimate of drug-likeness (QED) is 0.691. The first-order valence-electron chi connectivity index (χ1n) is 5.32. The van der Waals surface area contributed by atoms with Crippen LogP contribution in [0.3, 0.4) is 0 Å². The van der Waals surface area contributed by atoms with Crippen LogP contribution in [0.25, 0.3) is 0 Å². The van der Waals surface area contributed by atoms with Gasteiger partial charge in [-0.1, -0.05) is 6.07 Å². The minimum atomic E-state index is -0.905. The molecule has 0 spiro atoms. The molecule has 1 aromatic carbocycles. The Balaban J connectivity index is 2.09. The third-order valence-corrected chi connectivity index (χ3v) is 3.29. The Kier molecular flexibility index (Phi) is 3.86. The van der Waals surface area contributed by atoms with E-state index < -0.39 is 16.6 Å². The molecule has 0 aliphatic carbocycles. The van der Waals surface area contributed by atoms with E-state index in [0.717, 1.165) is 23.1 Å². The molecule has 0 fully saturated rings. The van der Waals surface area contributed by atoms with E-state index in [9.17, 15) is 19.3 Å². The lowest BCUT2D eigenvalue weighted by atomic mass is 10.2. The number of nitrogens with zero attached hydrogens (tertiary/aromatic N) is 1. The average molecular weight is 280 g/mol. The van der Waals surface area contributed by atoms with E-state index in [2.05, 4.69) is 5.32 Å². The van der Waals surface area contributed by atoms with Crippen molar-refractivity contribution < 1.29 is 14.1 Å². The lowest BCUT2D eigenvalue weighted by molar-refractivity contribution is -0.385. The minimum Gasteiger partial charge on any atom is -0.347 e. The largest absolute Gasteiger partial charge is 0.347 e. The standard InChI is InChI=1S/C12H9FN2O3S/c13-11-6-8(15(17)18)3-4-10(11)12(16)14-7-9-2-1-5-19-9/h1-6H,7H2,(H,14,16). The highest BCUT2D eigenvalue weighted by Crippen LogP contribution is 2.16. The van der Waals surface area contributed by atoms with Crippen LogP contribution in [0.4, 0.5) is 10.1 Å². The number of hydrogen-bond donors (Lipinski definition) is 1. The number of amides is 1. The summed E-state index contributed by atoms with van der Waals surface area (Å²) in [5.74, 6) is -1.50. The predicted molar refractivity (Wildman–Crippen MR) is 68.5 cm³/mol. The number of carbonyl (C=O) groups is 1. The van der Waals surface area contributed by atoms with Crippen LogP contribution in [-0.2, 0) is 6.54 Å². The molecule has 98 valence electrons. The highest BCUT2D eigenvalue weighted by molar-refractivity contribution is 7.09. The molecule has 0 aliphatic heterocycles. The van der Waals surface area contributed by atoms with Crippen molar-refractivity contribution in [3.8, 4) is 0 Å². The number of nitro benzene ring substituents is 1. The molecule has 0 radical (unpaired) electrons. The highest BCUT2D eigenvalue weighted by atomic mass is 32.1. The first-order chi connectivity index (χ1) is 9.08. The maximum Gasteiger partial charge on any atom is 0.272 e. The second-order valence-corrected chi connectivity index (χ2v) is 4.72. The third-order valence-electron chi connectivity index (χ3n) is 2.41. The van der Waals surface area contributed by atoms with Gasteiger partial charge in [0.05, 0.1) is 23.1 Å². The van der Waals surface area contributed by atoms with E-state index >= 15 is 0 Å². The van der Waals surface area contributed by atoms with Crippen molar-refractivity contribution in [1.29, 1.82) is 0 Å². The Morgan fingerprint density at radius 1 is 1.42 bits per heavy atom. The lowest BCUT2D eigenvalue weighted by Gasteiger charge is -2.04. The molecule has 0 atom stereocenters. The number of non-ortho nitro benzene ring substituents is 1. The van der Waals surface area contributed by atoms with Gasteiger partial charge in [-0.05, 0) is 17.5 Å². The van der Waals surface area contributed by atoms with Crippen molar-refractivity contribution in [2.75, 3.05) is 0 Å². The maximum absolute atomic E-state index is 13.6. The summed E-state index contributed by atoms with van der Waals surface area (Å²) in [5.41, 5.74) is -0.588. The third kappa shape index (κ3) is 3.14. The minimum absolute atomic E-state index is 0.206. The molecule has 1 N–H and O–H groups in total. The fraction of sp³-hybridized carbons (Fsp3) is 0.0833. The Morgan fingerprint density at radius 2 is 2.21 bits per heavy atom. The Hall–Kier alpha value is -2.28. The topological polar surface area (TPSA) is 72.2 Å². The first kappa shape index (κ1) is 13.2. The fourth-order valence-corrected chi connectivity index (χ4v) is 2.12. The first-order valence-corrected chi connectivity index (χ1v) is 6.20. The van der Waals surface area contributed by atoms with E-state index in [1.807, 2.05) is 17.5 Å². The second-order valence-electron chi connectivity index (χ2n) is 3.68. The van der Waals surface area contributed by atoms with Gasteiger partial charge in [-0.15, -0.1) is 11.3 Å². The molecule has 0 aliphatic rings. The number of rotatable bonds is 4. The van der Waals surface area contributed by atoms with Gasteiger partial charge in [0.25, 0.3) is 11.6 Å². The number of benzene rings is 1. The van der Waals surface area contributed by atoms with Crippen LogP contribution >= 0.6 is 11.3 Å². The monoisotopic (exact) mass is 280 g/mol. The second kappa shape index (κ2) is 5.57. The average Bonchev–Trinajstić information content (AvgIpc) is 2.88. The van der Waals surface area contributed by atoms with Crippen LogP contribution in [0.15, 0.2) is 35.7 Å². The number of hydrogen-bond acceptors (Lipinski definition) is 4. The Labute approximate surface area is 111 Å². The summed E-state index contributed by atoms with van der Waals surface area (Å²) in [7, 11) is 0. The summed E-state index contributed by atoms with van der Waals surface area (Å²) in [4.78, 5) is 22.4. The molecule has 7 heteroatoms. The van der Waals surface area contributed by atoms with Crippen LogP contribution in [0, 0.1) is 15.9 Å². The van der Waals surface area contributed by atoms with Crippen molar-refractivity contribution in [3.05, 3.63) is 62.1 Å². The highest BCUT2D eigenvalue weighted by Gasteiger charge is 2.15. The van der Waals surface area contributed by atoms with Gasteiger partial charge < -0.3 is 5.32 Å². The van der Waals surface area contributed by atoms with Crippen molar-refractivity contribution in [1.82, 2.24) is 5.32 Å². The van der Waals surface area contributed by atoms with Crippen LogP contribution in [0.5, 0.6) is 0 Å². The van der Waals surface area contributed by atoms with Crippen molar-refractivity contribution >= 4 is 22.9 Å². The fourth-order valence-electron chi connectivity index (χ4n) is 1.48. The maximum atomic E-state index is 13.6. The van der Waals surface area contributed by atoms with E-state index in [4.69, 9.17) is 0 Å².